The van der Waals surface area contributed by atoms with Crippen LogP contribution in [-0.4, -0.2) is 35.1 Å². The molecule has 3 aromatic carbocycles. The summed E-state index contributed by atoms with van der Waals surface area (Å²) in [5, 5.41) is 26.0. The topological polar surface area (TPSA) is 159 Å². The Kier molecular flexibility index (Phi) is 12.1. The third-order valence-corrected chi connectivity index (χ3v) is 8.12. The Morgan fingerprint density at radius 1 is 1.02 bits per heavy atom. The van der Waals surface area contributed by atoms with Gasteiger partial charge in [0.15, 0.2) is 5.96 Å². The van der Waals surface area contributed by atoms with Crippen molar-refractivity contribution in [3.63, 3.8) is 0 Å². The van der Waals surface area contributed by atoms with Gasteiger partial charge >= 0.3 is 0 Å². The van der Waals surface area contributed by atoms with Crippen molar-refractivity contribution in [2.45, 2.75) is 72.3 Å². The maximum absolute atomic E-state index is 12.6. The molecule has 7 N–H and O–H groups in total. The van der Waals surface area contributed by atoms with E-state index in [9.17, 15) is 14.7 Å². The van der Waals surface area contributed by atoms with E-state index < -0.39 is 0 Å². The predicted octanol–water partition coefficient (Wildman–Crippen LogP) is 6.99. The first-order valence-electron chi connectivity index (χ1n) is 15.1. The molecule has 0 radical (unpaired) electrons. The molecule has 1 atom stereocenters. The highest BCUT2D eigenvalue weighted by molar-refractivity contribution is 6.02. The van der Waals surface area contributed by atoms with Gasteiger partial charge in [-0.05, 0) is 118 Å². The number of carbonyl (C=O) groups excluding carboxylic acids is 2. The molecule has 1 heterocycles. The van der Waals surface area contributed by atoms with Crippen LogP contribution in [0.25, 0.3) is 6.08 Å². The van der Waals surface area contributed by atoms with Crippen molar-refractivity contribution in [1.29, 1.82) is 5.41 Å². The number of benzene rings is 3. The second kappa shape index (κ2) is 15.5. The quantitative estimate of drug-likeness (QED) is 0.0565. The Balaban J connectivity index is 0.00000576. The van der Waals surface area contributed by atoms with Crippen molar-refractivity contribution in [3.8, 4) is 17.2 Å². The Morgan fingerprint density at radius 2 is 1.72 bits per heavy atom. The molecule has 0 fully saturated rings. The van der Waals surface area contributed by atoms with Crippen LogP contribution in [0.1, 0.15) is 67.3 Å². The molecule has 1 aliphatic heterocycles. The van der Waals surface area contributed by atoms with Gasteiger partial charge in [0.05, 0.1) is 12.3 Å². The van der Waals surface area contributed by atoms with Gasteiger partial charge in [0.1, 0.15) is 22.8 Å². The molecular formula is C35H44ClN5O5. The number of phenolic OH excluding ortho intramolecular Hbond substituents is 1. The van der Waals surface area contributed by atoms with E-state index in [4.69, 9.17) is 20.6 Å². The minimum atomic E-state index is -0.332. The standard InChI is InChI=1S/C35H43N5O5.ClH/c1-21-22(2)33-28(23(3)32(21)43)16-18-35(5,45-33)17-6-7-19-44-30-14-13-27(20-29(30)38-24(4)41)39-31(42)15-10-25-8-11-26(12-9-25)40-34(36)37;/h8-15,20,43H,6-7,16-19H2,1-5H3,(H,38,41)(H,39,42)(H4,36,37,40);1H. The highest BCUT2D eigenvalue weighted by Gasteiger charge is 2.34. The number of nitrogens with two attached hydrogens (primary N) is 1. The summed E-state index contributed by atoms with van der Waals surface area (Å²) < 4.78 is 12.6. The van der Waals surface area contributed by atoms with Gasteiger partial charge in [-0.3, -0.25) is 15.0 Å². The molecule has 4 rings (SSSR count). The zero-order valence-corrected chi connectivity index (χ0v) is 27.8. The number of nitrogens with one attached hydrogen (secondary N) is 4. The summed E-state index contributed by atoms with van der Waals surface area (Å²) in [6.07, 6.45) is 7.39. The molecule has 10 nitrogen and oxygen atoms in total. The molecule has 246 valence electrons. The van der Waals surface area contributed by atoms with E-state index in [1.807, 2.05) is 20.8 Å². The van der Waals surface area contributed by atoms with Gasteiger partial charge in [-0.2, -0.15) is 0 Å². The van der Waals surface area contributed by atoms with Gasteiger partial charge in [-0.15, -0.1) is 12.4 Å². The number of unbranched alkanes of at least 4 members (excludes halogenated alkanes) is 1. The molecule has 1 aliphatic rings. The first-order chi connectivity index (χ1) is 21.3. The lowest BCUT2D eigenvalue weighted by molar-refractivity contribution is -0.114. The second-order valence-electron chi connectivity index (χ2n) is 11.8. The molecule has 3 aromatic rings. The van der Waals surface area contributed by atoms with E-state index >= 15 is 0 Å². The van der Waals surface area contributed by atoms with Crippen LogP contribution in [0.15, 0.2) is 48.5 Å². The molecule has 0 saturated heterocycles. The van der Waals surface area contributed by atoms with Crippen LogP contribution in [0.2, 0.25) is 0 Å². The molecule has 46 heavy (non-hydrogen) atoms. The average molecular weight is 650 g/mol. The Hall–Kier alpha value is -4.70. The normalized spacial score (nSPS) is 15.2. The third-order valence-electron chi connectivity index (χ3n) is 8.12. The van der Waals surface area contributed by atoms with Gasteiger partial charge in [-0.25, -0.2) is 0 Å². The fourth-order valence-electron chi connectivity index (χ4n) is 5.46. The van der Waals surface area contributed by atoms with Crippen molar-refractivity contribution in [1.82, 2.24) is 0 Å². The molecule has 1 unspecified atom stereocenters. The maximum atomic E-state index is 12.6. The average Bonchev–Trinajstić information content (AvgIpc) is 2.99. The van der Waals surface area contributed by atoms with Crippen LogP contribution >= 0.6 is 12.4 Å². The fourth-order valence-corrected chi connectivity index (χ4v) is 5.46. The number of amides is 2. The van der Waals surface area contributed by atoms with Crippen LogP contribution in [-0.2, 0) is 16.0 Å². The van der Waals surface area contributed by atoms with Crippen molar-refractivity contribution in [3.05, 3.63) is 76.4 Å². The van der Waals surface area contributed by atoms with E-state index in [1.165, 1.54) is 13.0 Å². The number of phenols is 1. The number of guanidine groups is 1. The highest BCUT2D eigenvalue weighted by atomic mass is 35.5. The smallest absolute Gasteiger partial charge is 0.248 e. The van der Waals surface area contributed by atoms with Gasteiger partial charge < -0.3 is 36.3 Å². The van der Waals surface area contributed by atoms with Crippen molar-refractivity contribution < 1.29 is 24.2 Å². The molecule has 0 aromatic heterocycles. The summed E-state index contributed by atoms with van der Waals surface area (Å²) in [7, 11) is 0. The fraction of sp³-hybridized carbons (Fsp3) is 0.343. The number of ether oxygens (including phenoxy) is 2. The van der Waals surface area contributed by atoms with E-state index in [2.05, 4.69) is 22.9 Å². The van der Waals surface area contributed by atoms with Crippen molar-refractivity contribution >= 4 is 53.3 Å². The molecular weight excluding hydrogens is 606 g/mol. The third kappa shape index (κ3) is 9.17. The molecule has 0 saturated carbocycles. The van der Waals surface area contributed by atoms with Gasteiger partial charge in [-0.1, -0.05) is 12.1 Å². The summed E-state index contributed by atoms with van der Waals surface area (Å²) in [6, 6.07) is 12.2. The molecule has 0 bridgehead atoms. The number of carbonyl (C=O) groups is 2. The minimum Gasteiger partial charge on any atom is -0.507 e. The zero-order chi connectivity index (χ0) is 32.7. The molecule has 0 spiro atoms. The number of anilines is 3. The van der Waals surface area contributed by atoms with Crippen molar-refractivity contribution in [2.24, 2.45) is 5.73 Å². The number of aromatic hydroxyl groups is 1. The first-order valence-corrected chi connectivity index (χ1v) is 15.1. The summed E-state index contributed by atoms with van der Waals surface area (Å²) in [4.78, 5) is 24.4. The number of rotatable bonds is 11. The highest BCUT2D eigenvalue weighted by Crippen LogP contribution is 2.44. The summed E-state index contributed by atoms with van der Waals surface area (Å²) in [6.45, 7) is 9.91. The van der Waals surface area contributed by atoms with Crippen LogP contribution in [0.3, 0.4) is 0 Å². The summed E-state index contributed by atoms with van der Waals surface area (Å²) >= 11 is 0. The lowest BCUT2D eigenvalue weighted by Gasteiger charge is -2.38. The van der Waals surface area contributed by atoms with Crippen LogP contribution in [0.5, 0.6) is 17.2 Å². The first kappa shape index (κ1) is 35.8. The number of fused-ring (bicyclic) bond motifs is 1. The number of hydrogen-bond donors (Lipinski definition) is 6. The number of hydrogen-bond acceptors (Lipinski definition) is 6. The van der Waals surface area contributed by atoms with E-state index in [1.54, 1.807) is 48.5 Å². The second-order valence-corrected chi connectivity index (χ2v) is 11.8. The summed E-state index contributed by atoms with van der Waals surface area (Å²) in [5.74, 6) is 1.07. The molecule has 11 heteroatoms. The van der Waals surface area contributed by atoms with Crippen LogP contribution in [0, 0.1) is 26.2 Å². The Morgan fingerprint density at radius 3 is 2.39 bits per heavy atom. The van der Waals surface area contributed by atoms with E-state index in [-0.39, 0.29) is 35.8 Å². The zero-order valence-electron chi connectivity index (χ0n) is 27.0. The lowest BCUT2D eigenvalue weighted by Crippen LogP contribution is -2.37. The van der Waals surface area contributed by atoms with Gasteiger partial charge in [0, 0.05) is 29.9 Å². The van der Waals surface area contributed by atoms with Gasteiger partial charge in [0.2, 0.25) is 11.8 Å². The largest absolute Gasteiger partial charge is 0.507 e. The van der Waals surface area contributed by atoms with Crippen molar-refractivity contribution in [2.75, 3.05) is 22.6 Å². The minimum absolute atomic E-state index is 0. The summed E-state index contributed by atoms with van der Waals surface area (Å²) in [5.41, 5.74) is 11.4. The monoisotopic (exact) mass is 649 g/mol. The molecule has 0 aliphatic carbocycles. The maximum Gasteiger partial charge on any atom is 0.248 e. The molecule has 2 amide bonds. The van der Waals surface area contributed by atoms with E-state index in [0.29, 0.717) is 35.2 Å². The van der Waals surface area contributed by atoms with Gasteiger partial charge in [0.25, 0.3) is 0 Å². The SMILES string of the molecule is CC(=O)Nc1cc(NC(=O)C=Cc2ccc(NC(=N)N)cc2)ccc1OCCCCC1(C)CCc2c(C)c(O)c(C)c(C)c2O1.Cl. The Labute approximate surface area is 276 Å². The van der Waals surface area contributed by atoms with Crippen LogP contribution < -0.4 is 31.2 Å². The van der Waals surface area contributed by atoms with Crippen LogP contribution in [0.4, 0.5) is 17.1 Å². The van der Waals surface area contributed by atoms with E-state index in [0.717, 1.165) is 65.7 Å². The number of halogens is 1. The Bertz CT molecular complexity index is 1620. The predicted molar refractivity (Wildman–Crippen MR) is 187 cm³/mol. The lowest BCUT2D eigenvalue weighted by atomic mass is 9.85.